The average Bonchev–Trinajstić information content (AvgIpc) is 3.31. The molecule has 1 aromatic carbocycles. The Morgan fingerprint density at radius 3 is 2.75 bits per heavy atom. The van der Waals surface area contributed by atoms with Crippen molar-refractivity contribution in [3.05, 3.63) is 44.4 Å². The molecule has 1 saturated heterocycles. The van der Waals surface area contributed by atoms with Crippen molar-refractivity contribution in [3.63, 3.8) is 0 Å². The molecular weight excluding hydrogens is 432 g/mol. The molecule has 1 aliphatic heterocycles. The van der Waals surface area contributed by atoms with Gasteiger partial charge in [0.25, 0.3) is 11.6 Å². The number of nitrogens with one attached hydrogen (secondary N) is 1. The summed E-state index contributed by atoms with van der Waals surface area (Å²) in [5.74, 6) is 0.769. The predicted octanol–water partition coefficient (Wildman–Crippen LogP) is 3.88. The number of carbonyl (C=O) groups is 1. The number of likely N-dealkylation sites (tertiary alicyclic amines) is 1. The van der Waals surface area contributed by atoms with Gasteiger partial charge in [-0.25, -0.2) is 4.98 Å². The summed E-state index contributed by atoms with van der Waals surface area (Å²) in [5, 5.41) is 16.2. The number of hydrogen-bond donors (Lipinski definition) is 1. The van der Waals surface area contributed by atoms with Gasteiger partial charge < -0.3 is 19.7 Å². The Kier molecular flexibility index (Phi) is 8.81. The molecule has 0 radical (unpaired) electrons. The zero-order valence-corrected chi connectivity index (χ0v) is 19.4. The summed E-state index contributed by atoms with van der Waals surface area (Å²) in [6.07, 6.45) is 4.28. The summed E-state index contributed by atoms with van der Waals surface area (Å²) in [7, 11) is 1.43. The lowest BCUT2D eigenvalue weighted by atomic mass is 9.99. The first-order valence-electron chi connectivity index (χ1n) is 10.8. The van der Waals surface area contributed by atoms with Crippen LogP contribution in [0.4, 0.5) is 5.69 Å². The zero-order valence-electron chi connectivity index (χ0n) is 18.5. The number of aromatic nitrogens is 1. The highest BCUT2D eigenvalue weighted by Gasteiger charge is 2.25. The third kappa shape index (κ3) is 6.64. The highest BCUT2D eigenvalue weighted by molar-refractivity contribution is 7.07. The number of nitro groups is 1. The zero-order chi connectivity index (χ0) is 22.9. The third-order valence-corrected chi connectivity index (χ3v) is 6.28. The third-order valence-electron chi connectivity index (χ3n) is 5.65. The number of methoxy groups -OCH3 is 1. The minimum atomic E-state index is -0.582. The summed E-state index contributed by atoms with van der Waals surface area (Å²) in [5.41, 5.74) is 2.02. The van der Waals surface area contributed by atoms with Crippen molar-refractivity contribution in [2.45, 2.75) is 39.2 Å². The van der Waals surface area contributed by atoms with Crippen LogP contribution in [0, 0.1) is 16.0 Å². The summed E-state index contributed by atoms with van der Waals surface area (Å²) in [6, 6.07) is 2.59. The maximum Gasteiger partial charge on any atom is 0.286 e. The van der Waals surface area contributed by atoms with Gasteiger partial charge >= 0.3 is 0 Å². The Labute approximate surface area is 191 Å². The van der Waals surface area contributed by atoms with E-state index < -0.39 is 10.8 Å². The minimum absolute atomic E-state index is 0.0436. The van der Waals surface area contributed by atoms with E-state index in [0.29, 0.717) is 12.2 Å². The first-order chi connectivity index (χ1) is 15.5. The molecule has 0 bridgehead atoms. The van der Waals surface area contributed by atoms with E-state index >= 15 is 0 Å². The van der Waals surface area contributed by atoms with Gasteiger partial charge in [-0.15, -0.1) is 11.3 Å². The van der Waals surface area contributed by atoms with Crippen LogP contribution in [0.3, 0.4) is 0 Å². The summed E-state index contributed by atoms with van der Waals surface area (Å²) >= 11 is 1.43. The number of nitrogens with zero attached hydrogens (tertiary/aromatic N) is 3. The minimum Gasteiger partial charge on any atom is -0.493 e. The molecule has 1 N–H and O–H groups in total. The van der Waals surface area contributed by atoms with Crippen LogP contribution in [0.2, 0.25) is 0 Å². The highest BCUT2D eigenvalue weighted by atomic mass is 32.1. The molecule has 2 aromatic rings. The molecule has 174 valence electrons. The molecule has 1 aromatic heterocycles. The molecule has 10 heteroatoms. The Hall–Kier alpha value is -2.72. The van der Waals surface area contributed by atoms with Gasteiger partial charge in [0, 0.05) is 18.0 Å². The Balaban J connectivity index is 1.56. The molecule has 0 saturated carbocycles. The van der Waals surface area contributed by atoms with Crippen LogP contribution in [0.1, 0.15) is 48.7 Å². The van der Waals surface area contributed by atoms with Crippen LogP contribution in [-0.2, 0) is 6.61 Å². The molecule has 1 amide bonds. The van der Waals surface area contributed by atoms with Crippen LogP contribution < -0.4 is 14.8 Å². The smallest absolute Gasteiger partial charge is 0.286 e. The molecule has 0 atom stereocenters. The number of unbranched alkanes of at least 4 members (excludes halogenated alkanes) is 1. The number of amides is 1. The Morgan fingerprint density at radius 1 is 1.31 bits per heavy atom. The quantitative estimate of drug-likeness (QED) is 0.307. The van der Waals surface area contributed by atoms with Crippen LogP contribution >= 0.6 is 11.3 Å². The highest BCUT2D eigenvalue weighted by Crippen LogP contribution is 2.35. The van der Waals surface area contributed by atoms with Gasteiger partial charge in [-0.3, -0.25) is 14.9 Å². The second kappa shape index (κ2) is 11.8. The van der Waals surface area contributed by atoms with Gasteiger partial charge in [0.1, 0.15) is 12.2 Å². The summed E-state index contributed by atoms with van der Waals surface area (Å²) < 4.78 is 11.0. The van der Waals surface area contributed by atoms with Crippen molar-refractivity contribution in [2.75, 3.05) is 33.3 Å². The van der Waals surface area contributed by atoms with Crippen LogP contribution in [-0.4, -0.2) is 54.0 Å². The van der Waals surface area contributed by atoms with E-state index in [1.54, 1.807) is 5.51 Å². The number of benzene rings is 1. The largest absolute Gasteiger partial charge is 0.493 e. The van der Waals surface area contributed by atoms with Crippen molar-refractivity contribution in [2.24, 2.45) is 5.92 Å². The Morgan fingerprint density at radius 2 is 2.09 bits per heavy atom. The average molecular weight is 463 g/mol. The number of rotatable bonds is 11. The molecule has 9 nitrogen and oxygen atoms in total. The fourth-order valence-corrected chi connectivity index (χ4v) is 4.20. The maximum atomic E-state index is 12.7. The van der Waals surface area contributed by atoms with Crippen LogP contribution in [0.15, 0.2) is 23.0 Å². The maximum absolute atomic E-state index is 12.7. The first-order valence-corrected chi connectivity index (χ1v) is 11.8. The lowest BCUT2D eigenvalue weighted by Crippen LogP contribution is -2.34. The van der Waals surface area contributed by atoms with E-state index in [-0.39, 0.29) is 29.4 Å². The fraction of sp³-hybridized carbons (Fsp3) is 0.545. The van der Waals surface area contributed by atoms with Crippen LogP contribution in [0.5, 0.6) is 11.5 Å². The van der Waals surface area contributed by atoms with Gasteiger partial charge in [-0.2, -0.15) is 0 Å². The number of nitro benzene ring substituents is 1. The monoisotopic (exact) mass is 462 g/mol. The molecule has 0 spiro atoms. The SMILES string of the molecule is COc1cc(C(=O)NCCCCN2CCC(C)CC2)c([N+](=O)[O-])cc1OCc1cscn1. The molecule has 32 heavy (non-hydrogen) atoms. The van der Waals surface area contributed by atoms with E-state index in [2.05, 4.69) is 22.1 Å². The number of hydrogen-bond acceptors (Lipinski definition) is 8. The van der Waals surface area contributed by atoms with Crippen molar-refractivity contribution in [1.82, 2.24) is 15.2 Å². The molecule has 0 unspecified atom stereocenters. The van der Waals surface area contributed by atoms with Gasteiger partial charge in [0.2, 0.25) is 0 Å². The van der Waals surface area contributed by atoms with Gasteiger partial charge in [-0.05, 0) is 51.2 Å². The first kappa shape index (κ1) is 23.9. The van der Waals surface area contributed by atoms with Gasteiger partial charge in [-0.1, -0.05) is 6.92 Å². The predicted molar refractivity (Wildman–Crippen MR) is 122 cm³/mol. The second-order valence-electron chi connectivity index (χ2n) is 8.03. The number of piperidine rings is 1. The molecule has 0 aliphatic carbocycles. The topological polar surface area (TPSA) is 107 Å². The molecule has 3 rings (SSSR count). The molecule has 2 heterocycles. The van der Waals surface area contributed by atoms with Crippen molar-refractivity contribution >= 4 is 22.9 Å². The summed E-state index contributed by atoms with van der Waals surface area (Å²) in [4.78, 5) is 30.3. The van der Waals surface area contributed by atoms with Crippen molar-refractivity contribution in [1.29, 1.82) is 0 Å². The number of carbonyl (C=O) groups excluding carboxylic acids is 1. The van der Waals surface area contributed by atoms with Crippen molar-refractivity contribution < 1.29 is 19.2 Å². The lowest BCUT2D eigenvalue weighted by Gasteiger charge is -2.30. The van der Waals surface area contributed by atoms with E-state index in [1.165, 1.54) is 43.4 Å². The molecular formula is C22H30N4O5S. The van der Waals surface area contributed by atoms with Gasteiger partial charge in [0.05, 0.1) is 29.3 Å². The summed E-state index contributed by atoms with van der Waals surface area (Å²) in [6.45, 7) is 6.19. The fourth-order valence-electron chi connectivity index (χ4n) is 3.66. The molecule has 1 fully saturated rings. The van der Waals surface area contributed by atoms with E-state index in [0.717, 1.165) is 38.4 Å². The van der Waals surface area contributed by atoms with Crippen LogP contribution in [0.25, 0.3) is 0 Å². The van der Waals surface area contributed by atoms with E-state index in [1.807, 2.05) is 5.38 Å². The standard InChI is InChI=1S/C22H30N4O5S/c1-16-5-9-25(10-6-16)8-4-3-7-23-22(27)18-11-20(30-2)21(12-19(18)26(28)29)31-13-17-14-32-15-24-17/h11-12,14-16H,3-10,13H2,1-2H3,(H,23,27). The molecule has 1 aliphatic rings. The Bertz CT molecular complexity index is 898. The second-order valence-corrected chi connectivity index (χ2v) is 8.75. The van der Waals surface area contributed by atoms with E-state index in [4.69, 9.17) is 9.47 Å². The number of ether oxygens (including phenoxy) is 2. The van der Waals surface area contributed by atoms with E-state index in [9.17, 15) is 14.9 Å². The normalized spacial score (nSPS) is 14.8. The van der Waals surface area contributed by atoms with Crippen molar-refractivity contribution in [3.8, 4) is 11.5 Å². The van der Waals surface area contributed by atoms with Gasteiger partial charge in [0.15, 0.2) is 11.5 Å². The number of thiazole rings is 1. The lowest BCUT2D eigenvalue weighted by molar-refractivity contribution is -0.385.